The van der Waals surface area contributed by atoms with Gasteiger partial charge < -0.3 is 4.42 Å². The quantitative estimate of drug-likeness (QED) is 0.569. The number of benzene rings is 1. The lowest BCUT2D eigenvalue weighted by Crippen LogP contribution is -2.33. The number of carbonyl (C=O) groups is 1. The highest BCUT2D eigenvalue weighted by Crippen LogP contribution is 2.34. The van der Waals surface area contributed by atoms with E-state index in [-0.39, 0.29) is 11.9 Å². The van der Waals surface area contributed by atoms with Crippen LogP contribution in [-0.4, -0.2) is 31.7 Å². The van der Waals surface area contributed by atoms with Gasteiger partial charge in [-0.15, -0.1) is 0 Å². The number of aryl methyl sites for hydroxylation is 2. The number of pyridine rings is 1. The number of aromatic nitrogens is 4. The number of para-hydroxylation sites is 2. The smallest absolute Gasteiger partial charge is 0.305 e. The van der Waals surface area contributed by atoms with E-state index in [1.807, 2.05) is 44.3 Å². The SMILES string of the molecule is Cc1nn(C)c2ncc(C(=O)N(c3nc4ccccc4o3)C3CC3)cc12. The Bertz CT molecular complexity index is 1120. The Balaban J connectivity index is 1.59. The number of oxazole rings is 1. The molecular weight excluding hydrogens is 330 g/mol. The van der Waals surface area contributed by atoms with Crippen LogP contribution in [-0.2, 0) is 7.05 Å². The number of anilines is 1. The number of nitrogens with zero attached hydrogens (tertiary/aromatic N) is 5. The molecule has 3 aromatic heterocycles. The monoisotopic (exact) mass is 347 g/mol. The van der Waals surface area contributed by atoms with Crippen LogP contribution in [0.4, 0.5) is 6.01 Å². The minimum atomic E-state index is -0.142. The fourth-order valence-corrected chi connectivity index (χ4v) is 3.27. The molecule has 0 spiro atoms. The van der Waals surface area contributed by atoms with Crippen LogP contribution in [0.25, 0.3) is 22.1 Å². The van der Waals surface area contributed by atoms with Crippen molar-refractivity contribution >= 4 is 34.1 Å². The molecule has 0 atom stereocenters. The van der Waals surface area contributed by atoms with E-state index in [1.165, 1.54) is 0 Å². The van der Waals surface area contributed by atoms with Gasteiger partial charge in [-0.2, -0.15) is 10.1 Å². The third-order valence-corrected chi connectivity index (χ3v) is 4.73. The average molecular weight is 347 g/mol. The second kappa shape index (κ2) is 5.39. The first-order chi connectivity index (χ1) is 12.6. The fraction of sp³-hybridized carbons (Fsp3) is 0.263. The van der Waals surface area contributed by atoms with Crippen molar-refractivity contribution in [3.63, 3.8) is 0 Å². The van der Waals surface area contributed by atoms with Crippen molar-refractivity contribution in [3.05, 3.63) is 47.8 Å². The summed E-state index contributed by atoms with van der Waals surface area (Å²) in [5.74, 6) is -0.142. The normalized spacial score (nSPS) is 14.2. The Morgan fingerprint density at radius 2 is 2.12 bits per heavy atom. The number of carbonyl (C=O) groups excluding carboxylic acids is 1. The summed E-state index contributed by atoms with van der Waals surface area (Å²) < 4.78 is 7.57. The molecule has 1 aliphatic carbocycles. The molecule has 0 unspecified atom stereocenters. The first-order valence-electron chi connectivity index (χ1n) is 8.60. The summed E-state index contributed by atoms with van der Waals surface area (Å²) >= 11 is 0. The number of rotatable bonds is 3. The van der Waals surface area contributed by atoms with Gasteiger partial charge in [-0.3, -0.25) is 14.4 Å². The molecule has 7 nitrogen and oxygen atoms in total. The number of hydrogen-bond acceptors (Lipinski definition) is 5. The number of amides is 1. The lowest BCUT2D eigenvalue weighted by Gasteiger charge is -2.17. The molecule has 7 heteroatoms. The Morgan fingerprint density at radius 3 is 2.88 bits per heavy atom. The molecule has 0 aliphatic heterocycles. The van der Waals surface area contributed by atoms with Gasteiger partial charge in [0.25, 0.3) is 5.91 Å². The molecule has 1 saturated carbocycles. The van der Waals surface area contributed by atoms with Gasteiger partial charge in [0.2, 0.25) is 0 Å². The molecule has 0 radical (unpaired) electrons. The molecule has 1 amide bonds. The van der Waals surface area contributed by atoms with E-state index in [0.717, 1.165) is 35.1 Å². The van der Waals surface area contributed by atoms with Crippen molar-refractivity contribution in [3.8, 4) is 0 Å². The molecule has 1 fully saturated rings. The Morgan fingerprint density at radius 1 is 1.31 bits per heavy atom. The predicted molar refractivity (Wildman–Crippen MR) is 97.1 cm³/mol. The molecule has 0 saturated heterocycles. The van der Waals surface area contributed by atoms with Gasteiger partial charge in [-0.25, -0.2) is 4.98 Å². The maximum Gasteiger partial charge on any atom is 0.305 e. The summed E-state index contributed by atoms with van der Waals surface area (Å²) in [6, 6.07) is 9.86. The van der Waals surface area contributed by atoms with Crippen molar-refractivity contribution in [2.45, 2.75) is 25.8 Å². The summed E-state index contributed by atoms with van der Waals surface area (Å²) in [6.07, 6.45) is 3.50. The molecule has 0 N–H and O–H groups in total. The van der Waals surface area contributed by atoms with E-state index in [9.17, 15) is 4.79 Å². The summed E-state index contributed by atoms with van der Waals surface area (Å²) in [5.41, 5.74) is 3.56. The minimum absolute atomic E-state index is 0.126. The molecular formula is C19H17N5O2. The van der Waals surface area contributed by atoms with Crippen molar-refractivity contribution in [2.24, 2.45) is 7.05 Å². The van der Waals surface area contributed by atoms with Gasteiger partial charge in [0.1, 0.15) is 5.52 Å². The van der Waals surface area contributed by atoms with Gasteiger partial charge in [0.05, 0.1) is 11.3 Å². The van der Waals surface area contributed by atoms with Crippen LogP contribution in [0.3, 0.4) is 0 Å². The molecule has 1 aliphatic rings. The van der Waals surface area contributed by atoms with E-state index < -0.39 is 0 Å². The van der Waals surface area contributed by atoms with E-state index in [1.54, 1.807) is 15.8 Å². The molecule has 130 valence electrons. The largest absolute Gasteiger partial charge is 0.423 e. The summed E-state index contributed by atoms with van der Waals surface area (Å²) in [6.45, 7) is 1.91. The Labute approximate surface area is 149 Å². The lowest BCUT2D eigenvalue weighted by atomic mass is 10.2. The van der Waals surface area contributed by atoms with E-state index in [2.05, 4.69) is 15.1 Å². The van der Waals surface area contributed by atoms with Crippen molar-refractivity contribution in [2.75, 3.05) is 4.90 Å². The van der Waals surface area contributed by atoms with Crippen LogP contribution in [0.15, 0.2) is 40.9 Å². The summed E-state index contributed by atoms with van der Waals surface area (Å²) in [5, 5.41) is 5.25. The maximum absolute atomic E-state index is 13.2. The summed E-state index contributed by atoms with van der Waals surface area (Å²) in [4.78, 5) is 23.8. The second-order valence-electron chi connectivity index (χ2n) is 6.67. The predicted octanol–water partition coefficient (Wildman–Crippen LogP) is 3.23. The second-order valence-corrected chi connectivity index (χ2v) is 6.67. The third kappa shape index (κ3) is 2.28. The van der Waals surface area contributed by atoms with Gasteiger partial charge in [0.15, 0.2) is 11.2 Å². The Kier molecular flexibility index (Phi) is 3.12. The summed E-state index contributed by atoms with van der Waals surface area (Å²) in [7, 11) is 1.85. The standard InChI is InChI=1S/C19H17N5O2/c1-11-14-9-12(10-20-17(14)23(2)22-11)18(25)24(13-7-8-13)19-21-15-5-3-4-6-16(15)26-19/h3-6,9-10,13H,7-8H2,1-2H3. The van der Waals surface area contributed by atoms with Crippen LogP contribution in [0, 0.1) is 6.92 Å². The van der Waals surface area contributed by atoms with E-state index in [4.69, 9.17) is 4.42 Å². The van der Waals surface area contributed by atoms with E-state index in [0.29, 0.717) is 17.2 Å². The molecule has 5 rings (SSSR count). The van der Waals surface area contributed by atoms with Crippen LogP contribution in [0.5, 0.6) is 0 Å². The first kappa shape index (κ1) is 15.1. The highest BCUT2D eigenvalue weighted by atomic mass is 16.4. The van der Waals surface area contributed by atoms with Gasteiger partial charge in [0, 0.05) is 24.7 Å². The molecule has 4 aromatic rings. The number of hydrogen-bond donors (Lipinski definition) is 0. The van der Waals surface area contributed by atoms with Crippen LogP contribution < -0.4 is 4.90 Å². The molecule has 3 heterocycles. The topological polar surface area (TPSA) is 77.1 Å². The minimum Gasteiger partial charge on any atom is -0.423 e. The van der Waals surface area contributed by atoms with Crippen LogP contribution >= 0.6 is 0 Å². The lowest BCUT2D eigenvalue weighted by molar-refractivity contribution is 0.0980. The maximum atomic E-state index is 13.2. The van der Waals surface area contributed by atoms with Crippen molar-refractivity contribution in [1.29, 1.82) is 0 Å². The highest BCUT2D eigenvalue weighted by molar-refractivity contribution is 6.07. The van der Waals surface area contributed by atoms with Crippen molar-refractivity contribution < 1.29 is 9.21 Å². The molecule has 1 aromatic carbocycles. The van der Waals surface area contributed by atoms with Gasteiger partial charge >= 0.3 is 6.01 Å². The zero-order chi connectivity index (χ0) is 17.8. The van der Waals surface area contributed by atoms with Crippen LogP contribution in [0.2, 0.25) is 0 Å². The van der Waals surface area contributed by atoms with Gasteiger partial charge in [-0.05, 0) is 38.0 Å². The van der Waals surface area contributed by atoms with E-state index >= 15 is 0 Å². The van der Waals surface area contributed by atoms with Crippen LogP contribution in [0.1, 0.15) is 28.9 Å². The van der Waals surface area contributed by atoms with Gasteiger partial charge in [-0.1, -0.05) is 12.1 Å². The third-order valence-electron chi connectivity index (χ3n) is 4.73. The Hall–Kier alpha value is -3.22. The zero-order valence-corrected chi connectivity index (χ0v) is 14.5. The average Bonchev–Trinajstić information content (AvgIpc) is 3.31. The first-order valence-corrected chi connectivity index (χ1v) is 8.60. The highest BCUT2D eigenvalue weighted by Gasteiger charge is 2.37. The van der Waals surface area contributed by atoms with Crippen molar-refractivity contribution in [1.82, 2.24) is 19.7 Å². The number of fused-ring (bicyclic) bond motifs is 2. The molecule has 0 bridgehead atoms. The molecule has 26 heavy (non-hydrogen) atoms. The zero-order valence-electron chi connectivity index (χ0n) is 14.5. The fourth-order valence-electron chi connectivity index (χ4n) is 3.27.